The molecule has 0 heterocycles. The highest BCUT2D eigenvalue weighted by Crippen LogP contribution is 2.33. The van der Waals surface area contributed by atoms with Crippen molar-refractivity contribution in [3.8, 4) is 0 Å². The molecule has 0 spiro atoms. The maximum absolute atomic E-state index is 13.9. The van der Waals surface area contributed by atoms with Crippen LogP contribution >= 0.6 is 0 Å². The summed E-state index contributed by atoms with van der Waals surface area (Å²) in [6, 6.07) is 3.60. The van der Waals surface area contributed by atoms with E-state index in [2.05, 4.69) is 13.8 Å². The highest BCUT2D eigenvalue weighted by molar-refractivity contribution is 5.23. The molecule has 0 aliphatic heterocycles. The van der Waals surface area contributed by atoms with Gasteiger partial charge >= 0.3 is 0 Å². The molecule has 1 rings (SSSR count). The summed E-state index contributed by atoms with van der Waals surface area (Å²) in [5.74, 6) is -0.609. The van der Waals surface area contributed by atoms with Crippen LogP contribution in [0.25, 0.3) is 0 Å². The predicted molar refractivity (Wildman–Crippen MR) is 70.2 cm³/mol. The lowest BCUT2D eigenvalue weighted by Gasteiger charge is -2.34. The zero-order valence-electron chi connectivity index (χ0n) is 11.5. The Hall–Kier alpha value is -1.00. The second-order valence-electron chi connectivity index (χ2n) is 5.22. The van der Waals surface area contributed by atoms with Crippen LogP contribution in [0.4, 0.5) is 8.78 Å². The Morgan fingerprint density at radius 2 is 1.83 bits per heavy atom. The molecule has 0 radical (unpaired) electrons. The summed E-state index contributed by atoms with van der Waals surface area (Å²) >= 11 is 0. The van der Waals surface area contributed by atoms with Gasteiger partial charge in [-0.05, 0) is 38.5 Å². The van der Waals surface area contributed by atoms with Gasteiger partial charge in [0.15, 0.2) is 0 Å². The van der Waals surface area contributed by atoms with Crippen LogP contribution in [0.15, 0.2) is 18.2 Å². The van der Waals surface area contributed by atoms with Crippen LogP contribution in [0.5, 0.6) is 0 Å². The molecular weight excluding hydrogens is 234 g/mol. The van der Waals surface area contributed by atoms with Crippen LogP contribution in [0, 0.1) is 23.5 Å². The van der Waals surface area contributed by atoms with Crippen molar-refractivity contribution in [1.82, 2.24) is 4.90 Å². The summed E-state index contributed by atoms with van der Waals surface area (Å²) in [6.45, 7) is 4.60. The fourth-order valence-electron chi connectivity index (χ4n) is 2.40. The summed E-state index contributed by atoms with van der Waals surface area (Å²) in [6.07, 6.45) is 0. The average molecular weight is 256 g/mol. The molecule has 2 N–H and O–H groups in total. The number of nitrogens with two attached hydrogens (primary N) is 1. The number of hydrogen-bond donors (Lipinski definition) is 1. The Labute approximate surface area is 108 Å². The van der Waals surface area contributed by atoms with E-state index in [0.717, 1.165) is 6.07 Å². The van der Waals surface area contributed by atoms with E-state index in [1.807, 2.05) is 19.0 Å². The lowest BCUT2D eigenvalue weighted by Crippen LogP contribution is -2.35. The van der Waals surface area contributed by atoms with E-state index < -0.39 is 11.6 Å². The van der Waals surface area contributed by atoms with Gasteiger partial charge in [-0.15, -0.1) is 0 Å². The molecular formula is C14H22F2N2. The van der Waals surface area contributed by atoms with Gasteiger partial charge in [-0.3, -0.25) is 0 Å². The summed E-state index contributed by atoms with van der Waals surface area (Å²) < 4.78 is 26.9. The third-order valence-corrected chi connectivity index (χ3v) is 3.37. The topological polar surface area (TPSA) is 29.3 Å². The third kappa shape index (κ3) is 3.27. The molecule has 102 valence electrons. The smallest absolute Gasteiger partial charge is 0.130 e. The number of hydrogen-bond acceptors (Lipinski definition) is 2. The molecule has 1 aromatic carbocycles. The van der Waals surface area contributed by atoms with Crippen molar-refractivity contribution in [3.05, 3.63) is 35.4 Å². The van der Waals surface area contributed by atoms with Crippen LogP contribution in [-0.4, -0.2) is 25.5 Å². The van der Waals surface area contributed by atoms with E-state index in [1.54, 1.807) is 0 Å². The monoisotopic (exact) mass is 256 g/mol. The summed E-state index contributed by atoms with van der Waals surface area (Å²) in [5.41, 5.74) is 6.31. The first-order valence-electron chi connectivity index (χ1n) is 6.20. The van der Waals surface area contributed by atoms with Crippen molar-refractivity contribution in [3.63, 3.8) is 0 Å². The average Bonchev–Trinajstić information content (AvgIpc) is 2.26. The number of nitrogens with zero attached hydrogens (tertiary/aromatic N) is 1. The maximum Gasteiger partial charge on any atom is 0.130 e. The van der Waals surface area contributed by atoms with E-state index in [9.17, 15) is 8.78 Å². The first kappa shape index (κ1) is 15.1. The minimum atomic E-state index is -0.553. The van der Waals surface area contributed by atoms with Gasteiger partial charge in [0.05, 0.1) is 0 Å². The number of rotatable bonds is 5. The normalized spacial score (nSPS) is 15.2. The molecule has 0 amide bonds. The zero-order valence-corrected chi connectivity index (χ0v) is 11.5. The molecule has 0 saturated heterocycles. The van der Waals surface area contributed by atoms with Crippen molar-refractivity contribution >= 4 is 0 Å². The lowest BCUT2D eigenvalue weighted by atomic mass is 9.83. The molecule has 0 bridgehead atoms. The molecule has 4 heteroatoms. The second kappa shape index (κ2) is 6.25. The highest BCUT2D eigenvalue weighted by atomic mass is 19.1. The van der Waals surface area contributed by atoms with Crippen molar-refractivity contribution in [2.24, 2.45) is 17.6 Å². The predicted octanol–water partition coefficient (Wildman–Crippen LogP) is 2.80. The molecule has 0 saturated carbocycles. The van der Waals surface area contributed by atoms with Gasteiger partial charge in [-0.1, -0.05) is 19.9 Å². The Morgan fingerprint density at radius 1 is 1.22 bits per heavy atom. The molecule has 0 fully saturated rings. The molecule has 0 aromatic heterocycles. The molecule has 2 atom stereocenters. The van der Waals surface area contributed by atoms with Gasteiger partial charge in [0.2, 0.25) is 0 Å². The molecule has 2 unspecified atom stereocenters. The Morgan fingerprint density at radius 3 is 2.22 bits per heavy atom. The molecule has 0 aliphatic carbocycles. The fraction of sp³-hybridized carbons (Fsp3) is 0.571. The van der Waals surface area contributed by atoms with Gasteiger partial charge in [-0.25, -0.2) is 8.78 Å². The highest BCUT2D eigenvalue weighted by Gasteiger charge is 2.28. The standard InChI is InChI=1S/C14H22F2N2/c1-9(2)12(8-17)14(18(3)4)11-6-5-10(15)7-13(11)16/h5-7,9,12,14H,8,17H2,1-4H3. The van der Waals surface area contributed by atoms with Crippen molar-refractivity contribution < 1.29 is 8.78 Å². The SMILES string of the molecule is CC(C)C(CN)C(c1ccc(F)cc1F)N(C)C. The molecule has 1 aromatic rings. The summed E-state index contributed by atoms with van der Waals surface area (Å²) in [4.78, 5) is 1.94. The van der Waals surface area contributed by atoms with E-state index in [1.165, 1.54) is 12.1 Å². The first-order chi connectivity index (χ1) is 8.38. The van der Waals surface area contributed by atoms with Gasteiger partial charge in [0.25, 0.3) is 0 Å². The molecule has 2 nitrogen and oxygen atoms in total. The van der Waals surface area contributed by atoms with E-state index in [0.29, 0.717) is 18.0 Å². The largest absolute Gasteiger partial charge is 0.330 e. The Balaban J connectivity index is 3.19. The first-order valence-corrected chi connectivity index (χ1v) is 6.20. The zero-order chi connectivity index (χ0) is 13.9. The number of benzene rings is 1. The molecule has 0 aliphatic rings. The van der Waals surface area contributed by atoms with Gasteiger partial charge < -0.3 is 10.6 Å². The third-order valence-electron chi connectivity index (χ3n) is 3.37. The van der Waals surface area contributed by atoms with E-state index >= 15 is 0 Å². The van der Waals surface area contributed by atoms with Crippen LogP contribution in [-0.2, 0) is 0 Å². The Kier molecular flexibility index (Phi) is 5.23. The van der Waals surface area contributed by atoms with Crippen LogP contribution in [0.2, 0.25) is 0 Å². The van der Waals surface area contributed by atoms with E-state index in [4.69, 9.17) is 5.73 Å². The Bertz CT molecular complexity index is 391. The van der Waals surface area contributed by atoms with Gasteiger partial charge in [0.1, 0.15) is 11.6 Å². The fourth-order valence-corrected chi connectivity index (χ4v) is 2.40. The van der Waals surface area contributed by atoms with Gasteiger partial charge in [-0.2, -0.15) is 0 Å². The minimum Gasteiger partial charge on any atom is -0.330 e. The van der Waals surface area contributed by atoms with Crippen LogP contribution in [0.1, 0.15) is 25.5 Å². The van der Waals surface area contributed by atoms with E-state index in [-0.39, 0.29) is 12.0 Å². The summed E-state index contributed by atoms with van der Waals surface area (Å²) in [7, 11) is 3.77. The minimum absolute atomic E-state index is 0.125. The summed E-state index contributed by atoms with van der Waals surface area (Å²) in [5, 5.41) is 0. The lowest BCUT2D eigenvalue weighted by molar-refractivity contribution is 0.171. The quantitative estimate of drug-likeness (QED) is 0.877. The van der Waals surface area contributed by atoms with Crippen LogP contribution < -0.4 is 5.73 Å². The van der Waals surface area contributed by atoms with Crippen molar-refractivity contribution in [2.45, 2.75) is 19.9 Å². The second-order valence-corrected chi connectivity index (χ2v) is 5.22. The molecule has 18 heavy (non-hydrogen) atoms. The maximum atomic E-state index is 13.9. The number of halogens is 2. The van der Waals surface area contributed by atoms with Gasteiger partial charge in [0, 0.05) is 17.7 Å². The van der Waals surface area contributed by atoms with Crippen LogP contribution in [0.3, 0.4) is 0 Å². The van der Waals surface area contributed by atoms with Crippen molar-refractivity contribution in [2.75, 3.05) is 20.6 Å². The van der Waals surface area contributed by atoms with Crippen molar-refractivity contribution in [1.29, 1.82) is 0 Å².